The van der Waals surface area contributed by atoms with Gasteiger partial charge in [0, 0.05) is 5.02 Å². The van der Waals surface area contributed by atoms with E-state index in [2.05, 4.69) is 6.58 Å². The van der Waals surface area contributed by atoms with Gasteiger partial charge in [-0.3, -0.25) is 0 Å². The molecule has 0 heterocycles. The second kappa shape index (κ2) is 4.29. The molecule has 1 nitrogen and oxygen atoms in total. The van der Waals surface area contributed by atoms with Crippen molar-refractivity contribution in [2.45, 2.75) is 6.42 Å². The van der Waals surface area contributed by atoms with Crippen LogP contribution in [0.15, 0.2) is 24.8 Å². The first kappa shape index (κ1) is 9.30. The molecule has 0 aliphatic rings. The minimum atomic E-state index is 0.625. The van der Waals surface area contributed by atoms with Crippen molar-refractivity contribution in [1.82, 2.24) is 0 Å². The van der Waals surface area contributed by atoms with Crippen molar-refractivity contribution in [3.63, 3.8) is 0 Å². The molecule has 0 saturated heterocycles. The van der Waals surface area contributed by atoms with Crippen molar-refractivity contribution >= 4 is 17.7 Å². The maximum Gasteiger partial charge on any atom is 0.0438 e. The van der Waals surface area contributed by atoms with Crippen LogP contribution >= 0.6 is 11.6 Å². The lowest BCUT2D eigenvalue weighted by Crippen LogP contribution is -2.03. The normalized spacial score (nSPS) is 9.83. The molecule has 0 spiro atoms. The zero-order valence-electron chi connectivity index (χ0n) is 6.89. The van der Waals surface area contributed by atoms with E-state index in [-0.39, 0.29) is 0 Å². The van der Waals surface area contributed by atoms with Gasteiger partial charge in [-0.1, -0.05) is 36.4 Å². The van der Waals surface area contributed by atoms with E-state index in [1.807, 2.05) is 18.2 Å². The zero-order valence-corrected chi connectivity index (χ0v) is 7.64. The first-order chi connectivity index (χ1) is 5.77. The molecular formula is C10H12ClN. The van der Waals surface area contributed by atoms with Crippen LogP contribution in [0.4, 0.5) is 0 Å². The third-order valence-electron chi connectivity index (χ3n) is 1.72. The van der Waals surface area contributed by atoms with Gasteiger partial charge >= 0.3 is 0 Å². The Morgan fingerprint density at radius 3 is 2.83 bits per heavy atom. The highest BCUT2D eigenvalue weighted by Gasteiger charge is 1.98. The van der Waals surface area contributed by atoms with E-state index in [4.69, 9.17) is 17.3 Å². The third kappa shape index (κ3) is 2.10. The highest BCUT2D eigenvalue weighted by Crippen LogP contribution is 2.18. The topological polar surface area (TPSA) is 26.0 Å². The number of benzene rings is 1. The van der Waals surface area contributed by atoms with E-state index < -0.39 is 0 Å². The van der Waals surface area contributed by atoms with Gasteiger partial charge in [0.15, 0.2) is 0 Å². The zero-order chi connectivity index (χ0) is 8.97. The summed E-state index contributed by atoms with van der Waals surface area (Å²) < 4.78 is 0. The highest BCUT2D eigenvalue weighted by molar-refractivity contribution is 6.31. The fourth-order valence-electron chi connectivity index (χ4n) is 1.07. The van der Waals surface area contributed by atoms with Crippen molar-refractivity contribution < 1.29 is 0 Å². The molecule has 0 aliphatic carbocycles. The van der Waals surface area contributed by atoms with Gasteiger partial charge in [-0.05, 0) is 30.2 Å². The number of halogens is 1. The molecule has 0 unspecified atom stereocenters. The second-order valence-electron chi connectivity index (χ2n) is 2.59. The predicted octanol–water partition coefficient (Wildman–Crippen LogP) is 2.48. The van der Waals surface area contributed by atoms with Crippen LogP contribution in [0, 0.1) is 0 Å². The monoisotopic (exact) mass is 181 g/mol. The van der Waals surface area contributed by atoms with Crippen molar-refractivity contribution in [3.8, 4) is 0 Å². The first-order valence-corrected chi connectivity index (χ1v) is 4.26. The van der Waals surface area contributed by atoms with Gasteiger partial charge in [0.25, 0.3) is 0 Å². The third-order valence-corrected chi connectivity index (χ3v) is 2.09. The lowest BCUT2D eigenvalue weighted by atomic mass is 10.1. The van der Waals surface area contributed by atoms with Crippen LogP contribution in [0.3, 0.4) is 0 Å². The quantitative estimate of drug-likeness (QED) is 0.762. The summed E-state index contributed by atoms with van der Waals surface area (Å²) in [4.78, 5) is 0. The van der Waals surface area contributed by atoms with Crippen LogP contribution in [0.2, 0.25) is 5.02 Å². The van der Waals surface area contributed by atoms with Crippen molar-refractivity contribution in [2.75, 3.05) is 6.54 Å². The van der Waals surface area contributed by atoms with Crippen molar-refractivity contribution in [2.24, 2.45) is 5.73 Å². The summed E-state index contributed by atoms with van der Waals surface area (Å²) in [6.45, 7) is 4.31. The number of rotatable bonds is 3. The van der Waals surface area contributed by atoms with Crippen LogP contribution in [0.25, 0.3) is 6.08 Å². The summed E-state index contributed by atoms with van der Waals surface area (Å²) in [5, 5.41) is 0.783. The summed E-state index contributed by atoms with van der Waals surface area (Å²) in [6.07, 6.45) is 2.62. The van der Waals surface area contributed by atoms with Gasteiger partial charge in [-0.15, -0.1) is 0 Å². The van der Waals surface area contributed by atoms with Gasteiger partial charge in [-0.2, -0.15) is 0 Å². The van der Waals surface area contributed by atoms with Crippen LogP contribution in [0.1, 0.15) is 11.1 Å². The molecule has 0 fully saturated rings. The molecule has 0 saturated carbocycles. The van der Waals surface area contributed by atoms with Gasteiger partial charge in [0.2, 0.25) is 0 Å². The van der Waals surface area contributed by atoms with E-state index in [1.165, 1.54) is 0 Å². The fourth-order valence-corrected chi connectivity index (χ4v) is 1.28. The van der Waals surface area contributed by atoms with Crippen LogP contribution in [-0.2, 0) is 6.42 Å². The molecular weight excluding hydrogens is 170 g/mol. The maximum absolute atomic E-state index is 5.94. The van der Waals surface area contributed by atoms with E-state index in [0.29, 0.717) is 6.54 Å². The van der Waals surface area contributed by atoms with Gasteiger partial charge < -0.3 is 5.73 Å². The van der Waals surface area contributed by atoms with Crippen LogP contribution < -0.4 is 5.73 Å². The Bertz CT molecular complexity index is 281. The lowest BCUT2D eigenvalue weighted by molar-refractivity contribution is 0.968. The van der Waals surface area contributed by atoms with E-state index >= 15 is 0 Å². The van der Waals surface area contributed by atoms with Gasteiger partial charge in [-0.25, -0.2) is 0 Å². The standard InChI is InChI=1S/C10H12ClN/c1-2-8-3-4-10(11)9(7-8)5-6-12/h2-4,7H,1,5-6,12H2. The number of hydrogen-bond donors (Lipinski definition) is 1. The SMILES string of the molecule is C=Cc1ccc(Cl)c(CCN)c1. The second-order valence-corrected chi connectivity index (χ2v) is 3.00. The van der Waals surface area contributed by atoms with Gasteiger partial charge in [0.1, 0.15) is 0 Å². The molecule has 64 valence electrons. The summed E-state index contributed by atoms with van der Waals surface area (Å²) >= 11 is 5.94. The summed E-state index contributed by atoms with van der Waals surface area (Å²) in [7, 11) is 0. The summed E-state index contributed by atoms with van der Waals surface area (Å²) in [5.74, 6) is 0. The summed E-state index contributed by atoms with van der Waals surface area (Å²) in [5.41, 5.74) is 7.62. The molecule has 1 aromatic carbocycles. The average Bonchev–Trinajstić information content (AvgIpc) is 2.09. The Hall–Kier alpha value is -0.790. The molecule has 0 aliphatic heterocycles. The molecule has 0 radical (unpaired) electrons. The molecule has 0 amide bonds. The minimum Gasteiger partial charge on any atom is -0.330 e. The molecule has 12 heavy (non-hydrogen) atoms. The molecule has 0 bridgehead atoms. The Kier molecular flexibility index (Phi) is 3.32. The van der Waals surface area contributed by atoms with E-state index in [0.717, 1.165) is 22.6 Å². The predicted molar refractivity (Wildman–Crippen MR) is 54.3 cm³/mol. The van der Waals surface area contributed by atoms with E-state index in [1.54, 1.807) is 6.08 Å². The molecule has 0 aromatic heterocycles. The summed E-state index contributed by atoms with van der Waals surface area (Å²) in [6, 6.07) is 5.83. The molecule has 1 rings (SSSR count). The van der Waals surface area contributed by atoms with Gasteiger partial charge in [0.05, 0.1) is 0 Å². The van der Waals surface area contributed by atoms with Crippen LogP contribution in [-0.4, -0.2) is 6.54 Å². The largest absolute Gasteiger partial charge is 0.330 e. The van der Waals surface area contributed by atoms with E-state index in [9.17, 15) is 0 Å². The Balaban J connectivity index is 2.99. The highest BCUT2D eigenvalue weighted by atomic mass is 35.5. The van der Waals surface area contributed by atoms with Crippen molar-refractivity contribution in [1.29, 1.82) is 0 Å². The Morgan fingerprint density at radius 2 is 2.25 bits per heavy atom. The first-order valence-electron chi connectivity index (χ1n) is 3.89. The lowest BCUT2D eigenvalue weighted by Gasteiger charge is -2.03. The molecule has 2 N–H and O–H groups in total. The number of hydrogen-bond acceptors (Lipinski definition) is 1. The molecule has 0 atom stereocenters. The minimum absolute atomic E-state index is 0.625. The van der Waals surface area contributed by atoms with Crippen molar-refractivity contribution in [3.05, 3.63) is 40.9 Å². The average molecular weight is 182 g/mol. The smallest absolute Gasteiger partial charge is 0.0438 e. The Labute approximate surface area is 77.8 Å². The fraction of sp³-hybridized carbons (Fsp3) is 0.200. The van der Waals surface area contributed by atoms with Crippen LogP contribution in [0.5, 0.6) is 0 Å². The number of nitrogens with two attached hydrogens (primary N) is 1. The maximum atomic E-state index is 5.94. The molecule has 1 aromatic rings. The Morgan fingerprint density at radius 1 is 1.50 bits per heavy atom. The molecule has 2 heteroatoms.